The van der Waals surface area contributed by atoms with Crippen LogP contribution in [0.15, 0.2) is 12.5 Å². The van der Waals surface area contributed by atoms with E-state index in [1.54, 1.807) is 0 Å². The highest BCUT2D eigenvalue weighted by Crippen LogP contribution is 2.32. The van der Waals surface area contributed by atoms with Crippen LogP contribution in [-0.2, 0) is 0 Å². The number of nitrogens with zero attached hydrogens (tertiary/aromatic N) is 2. The Morgan fingerprint density at radius 1 is 1.17 bits per heavy atom. The van der Waals surface area contributed by atoms with Gasteiger partial charge in [0.1, 0.15) is 0 Å². The van der Waals surface area contributed by atoms with Crippen molar-refractivity contribution in [1.29, 1.82) is 0 Å². The minimum atomic E-state index is -0.0824. The van der Waals surface area contributed by atoms with Gasteiger partial charge in [-0.15, -0.1) is 0 Å². The van der Waals surface area contributed by atoms with Crippen LogP contribution in [0.25, 0.3) is 0 Å². The molecule has 2 N–H and O–H groups in total. The molecule has 1 unspecified atom stereocenters. The molecule has 1 aromatic heterocycles. The Balaban J connectivity index is 1.74. The summed E-state index contributed by atoms with van der Waals surface area (Å²) in [5.74, 6) is 0. The van der Waals surface area contributed by atoms with Gasteiger partial charge in [-0.3, -0.25) is 0 Å². The van der Waals surface area contributed by atoms with Crippen LogP contribution < -0.4 is 5.32 Å². The molecule has 0 bridgehead atoms. The second-order valence-electron chi connectivity index (χ2n) is 5.69. The number of piperidine rings is 1. The standard InChI is InChI=1S/C14H23N3O/c18-12-6-4-11(5-7-12)17-10-15-9-14(17)13-3-1-2-8-16-13/h9-13,16,18H,1-8H2. The third kappa shape index (κ3) is 2.45. The lowest BCUT2D eigenvalue weighted by atomic mass is 9.92. The molecule has 0 amide bonds. The fraction of sp³-hybridized carbons (Fsp3) is 0.786. The molecule has 0 spiro atoms. The lowest BCUT2D eigenvalue weighted by Crippen LogP contribution is -2.30. The van der Waals surface area contributed by atoms with E-state index in [-0.39, 0.29) is 6.10 Å². The molecule has 1 saturated heterocycles. The minimum Gasteiger partial charge on any atom is -0.393 e. The van der Waals surface area contributed by atoms with Crippen LogP contribution in [0, 0.1) is 0 Å². The van der Waals surface area contributed by atoms with Crippen molar-refractivity contribution in [3.8, 4) is 0 Å². The first-order valence-electron chi connectivity index (χ1n) is 7.28. The van der Waals surface area contributed by atoms with Gasteiger partial charge in [-0.1, -0.05) is 6.42 Å². The molecular formula is C14H23N3O. The highest BCUT2D eigenvalue weighted by molar-refractivity contribution is 5.08. The van der Waals surface area contributed by atoms with Gasteiger partial charge in [0.2, 0.25) is 0 Å². The number of imidazole rings is 1. The van der Waals surface area contributed by atoms with Gasteiger partial charge < -0.3 is 15.0 Å². The second-order valence-corrected chi connectivity index (χ2v) is 5.69. The highest BCUT2D eigenvalue weighted by Gasteiger charge is 2.25. The number of rotatable bonds is 2. The summed E-state index contributed by atoms with van der Waals surface area (Å²) in [5.41, 5.74) is 1.34. The fourth-order valence-corrected chi connectivity index (χ4v) is 3.33. The number of hydrogen-bond donors (Lipinski definition) is 2. The second kappa shape index (κ2) is 5.41. The summed E-state index contributed by atoms with van der Waals surface area (Å²) in [7, 11) is 0. The van der Waals surface area contributed by atoms with Gasteiger partial charge in [-0.2, -0.15) is 0 Å². The van der Waals surface area contributed by atoms with Crippen molar-refractivity contribution in [2.24, 2.45) is 0 Å². The zero-order chi connectivity index (χ0) is 12.4. The molecule has 0 radical (unpaired) electrons. The van der Waals surface area contributed by atoms with Gasteiger partial charge >= 0.3 is 0 Å². The predicted molar refractivity (Wildman–Crippen MR) is 70.3 cm³/mol. The molecular weight excluding hydrogens is 226 g/mol. The van der Waals surface area contributed by atoms with Gasteiger partial charge in [0.05, 0.1) is 18.1 Å². The summed E-state index contributed by atoms with van der Waals surface area (Å²) >= 11 is 0. The maximum Gasteiger partial charge on any atom is 0.0951 e. The predicted octanol–water partition coefficient (Wildman–Crippen LogP) is 2.17. The van der Waals surface area contributed by atoms with E-state index < -0.39 is 0 Å². The number of aromatic nitrogens is 2. The van der Waals surface area contributed by atoms with E-state index in [9.17, 15) is 5.11 Å². The van der Waals surface area contributed by atoms with Crippen LogP contribution in [0.2, 0.25) is 0 Å². The molecule has 0 aromatic carbocycles. The van der Waals surface area contributed by atoms with E-state index in [0.29, 0.717) is 12.1 Å². The highest BCUT2D eigenvalue weighted by atomic mass is 16.3. The first-order chi connectivity index (χ1) is 8.84. The van der Waals surface area contributed by atoms with E-state index >= 15 is 0 Å². The smallest absolute Gasteiger partial charge is 0.0951 e. The Morgan fingerprint density at radius 3 is 2.72 bits per heavy atom. The number of aliphatic hydroxyl groups excluding tert-OH is 1. The van der Waals surface area contributed by atoms with E-state index in [4.69, 9.17) is 0 Å². The van der Waals surface area contributed by atoms with Crippen molar-refractivity contribution in [2.45, 2.75) is 63.1 Å². The summed E-state index contributed by atoms with van der Waals surface area (Å²) < 4.78 is 2.36. The van der Waals surface area contributed by atoms with Crippen LogP contribution in [0.4, 0.5) is 0 Å². The Hall–Kier alpha value is -0.870. The van der Waals surface area contributed by atoms with Crippen molar-refractivity contribution >= 4 is 0 Å². The summed E-state index contributed by atoms with van der Waals surface area (Å²) in [6.45, 7) is 1.12. The zero-order valence-electron chi connectivity index (χ0n) is 10.9. The molecule has 1 aromatic rings. The Morgan fingerprint density at radius 2 is 2.00 bits per heavy atom. The third-order valence-electron chi connectivity index (χ3n) is 4.42. The number of hydrogen-bond acceptors (Lipinski definition) is 3. The monoisotopic (exact) mass is 249 g/mol. The van der Waals surface area contributed by atoms with Gasteiger partial charge in [-0.05, 0) is 45.1 Å². The Bertz CT molecular complexity index is 376. The molecule has 1 atom stereocenters. The van der Waals surface area contributed by atoms with Crippen LogP contribution >= 0.6 is 0 Å². The summed E-state index contributed by atoms with van der Waals surface area (Å²) in [6.07, 6.45) is 11.8. The first-order valence-corrected chi connectivity index (χ1v) is 7.28. The molecule has 2 aliphatic rings. The van der Waals surface area contributed by atoms with Crippen molar-refractivity contribution in [3.05, 3.63) is 18.2 Å². The van der Waals surface area contributed by atoms with E-state index in [2.05, 4.69) is 14.9 Å². The topological polar surface area (TPSA) is 50.1 Å². The van der Waals surface area contributed by atoms with Crippen molar-refractivity contribution in [1.82, 2.24) is 14.9 Å². The van der Waals surface area contributed by atoms with Crippen LogP contribution in [-0.4, -0.2) is 27.3 Å². The lowest BCUT2D eigenvalue weighted by molar-refractivity contribution is 0.109. The van der Waals surface area contributed by atoms with Crippen molar-refractivity contribution in [2.75, 3.05) is 6.54 Å². The van der Waals surface area contributed by atoms with Crippen LogP contribution in [0.3, 0.4) is 0 Å². The first kappa shape index (κ1) is 12.2. The molecule has 4 heteroatoms. The quantitative estimate of drug-likeness (QED) is 0.844. The SMILES string of the molecule is OC1CCC(n2cncc2C2CCCCN2)CC1. The molecule has 2 heterocycles. The van der Waals surface area contributed by atoms with Gasteiger partial charge in [0.15, 0.2) is 0 Å². The Labute approximate surface area is 108 Å². The van der Waals surface area contributed by atoms with Crippen LogP contribution in [0.5, 0.6) is 0 Å². The third-order valence-corrected chi connectivity index (χ3v) is 4.42. The average molecular weight is 249 g/mol. The maximum absolute atomic E-state index is 9.61. The van der Waals surface area contributed by atoms with Gasteiger partial charge in [-0.25, -0.2) is 4.98 Å². The molecule has 1 saturated carbocycles. The molecule has 2 fully saturated rings. The van der Waals surface area contributed by atoms with Crippen molar-refractivity contribution < 1.29 is 5.11 Å². The number of aliphatic hydroxyl groups is 1. The number of nitrogens with one attached hydrogen (secondary N) is 1. The Kier molecular flexibility index (Phi) is 3.66. The maximum atomic E-state index is 9.61. The van der Waals surface area contributed by atoms with E-state index in [1.165, 1.54) is 25.0 Å². The normalized spacial score (nSPS) is 33.5. The molecule has 18 heavy (non-hydrogen) atoms. The molecule has 4 nitrogen and oxygen atoms in total. The van der Waals surface area contributed by atoms with Gasteiger partial charge in [0.25, 0.3) is 0 Å². The summed E-state index contributed by atoms with van der Waals surface area (Å²) in [6, 6.07) is 1.02. The average Bonchev–Trinajstić information content (AvgIpc) is 2.90. The van der Waals surface area contributed by atoms with Crippen LogP contribution in [0.1, 0.15) is 62.7 Å². The molecule has 100 valence electrons. The fourth-order valence-electron chi connectivity index (χ4n) is 3.33. The summed E-state index contributed by atoms with van der Waals surface area (Å²) in [4.78, 5) is 4.35. The molecule has 1 aliphatic carbocycles. The van der Waals surface area contributed by atoms with Crippen molar-refractivity contribution in [3.63, 3.8) is 0 Å². The lowest BCUT2D eigenvalue weighted by Gasteiger charge is -2.31. The molecule has 3 rings (SSSR count). The zero-order valence-corrected chi connectivity index (χ0v) is 10.9. The largest absolute Gasteiger partial charge is 0.393 e. The summed E-state index contributed by atoms with van der Waals surface area (Å²) in [5, 5.41) is 13.2. The van der Waals surface area contributed by atoms with E-state index in [0.717, 1.165) is 32.2 Å². The van der Waals surface area contributed by atoms with Gasteiger partial charge in [0, 0.05) is 18.3 Å². The minimum absolute atomic E-state index is 0.0824. The molecule has 1 aliphatic heterocycles. The van der Waals surface area contributed by atoms with E-state index in [1.807, 2.05) is 12.5 Å².